The fraction of sp³-hybridized carbons (Fsp3) is 0.0909. The van der Waals surface area contributed by atoms with Crippen LogP contribution in [0.1, 0.15) is 5.56 Å². The van der Waals surface area contributed by atoms with Gasteiger partial charge in [-0.2, -0.15) is 11.2 Å². The fourth-order valence-corrected chi connectivity index (χ4v) is 0.710. The Morgan fingerprint density at radius 2 is 2.06 bits per heavy atom. The number of carbonyl (C=O) groups excluding carboxylic acids is 1. The van der Waals surface area contributed by atoms with E-state index in [9.17, 15) is 4.79 Å². The van der Waals surface area contributed by atoms with Crippen molar-refractivity contribution in [2.45, 2.75) is 6.42 Å². The van der Waals surface area contributed by atoms with Crippen LogP contribution in [0.4, 0.5) is 0 Å². The molecule has 4 nitrogen and oxygen atoms in total. The Morgan fingerprint density at radius 3 is 2.25 bits per heavy atom. The summed E-state index contributed by atoms with van der Waals surface area (Å²) in [5, 5.41) is 7.72. The maximum absolute atomic E-state index is 9.33. The molecule has 0 bridgehead atoms. The van der Waals surface area contributed by atoms with Crippen LogP contribution in [0.3, 0.4) is 0 Å². The molecular formula is C11H9N3OY-2. The van der Waals surface area contributed by atoms with E-state index in [1.807, 2.05) is 18.2 Å². The Balaban J connectivity index is 0. The van der Waals surface area contributed by atoms with Crippen LogP contribution in [0.15, 0.2) is 30.3 Å². The maximum atomic E-state index is 9.33. The molecular weight excluding hydrogens is 279 g/mol. The summed E-state index contributed by atoms with van der Waals surface area (Å²) >= 11 is 0. The van der Waals surface area contributed by atoms with E-state index in [-0.39, 0.29) is 32.7 Å². The third-order valence-electron chi connectivity index (χ3n) is 1.43. The first-order valence-electron chi connectivity index (χ1n) is 4.12. The summed E-state index contributed by atoms with van der Waals surface area (Å²) in [5.74, 6) is 0. The Kier molecular flexibility index (Phi) is 12.9. The number of nitrogens with zero attached hydrogens (tertiary/aromatic N) is 3. The molecule has 0 atom stereocenters. The standard InChI is InChI=1S/C8H9.C3N3O.Y/c1-2-8-6-4-3-5-7-8;4-1-3(2-7)6-5;/h3-7H,1-2H2;;/q2*-1;. The van der Waals surface area contributed by atoms with Gasteiger partial charge in [-0.25, -0.2) is 0 Å². The normalized spacial score (nSPS) is 7.00. The number of nitriles is 1. The predicted molar refractivity (Wildman–Crippen MR) is 55.4 cm³/mol. The van der Waals surface area contributed by atoms with Gasteiger partial charge < -0.3 is 22.5 Å². The first-order valence-corrected chi connectivity index (χ1v) is 4.12. The number of rotatable bonds is 2. The first kappa shape index (κ1) is 17.3. The molecule has 0 aromatic heterocycles. The Bertz CT molecular complexity index is 391. The fourth-order valence-electron chi connectivity index (χ4n) is 0.710. The molecule has 1 aromatic rings. The summed E-state index contributed by atoms with van der Waals surface area (Å²) in [6.07, 6.45) is 1.98. The van der Waals surface area contributed by atoms with Crippen molar-refractivity contribution in [3.8, 4) is 6.07 Å². The Hall–Kier alpha value is -1.14. The molecule has 0 amide bonds. The third-order valence-corrected chi connectivity index (χ3v) is 1.43. The molecule has 1 radical (unpaired) electrons. The van der Waals surface area contributed by atoms with Crippen LogP contribution in [-0.4, -0.2) is 16.8 Å². The topological polar surface area (TPSA) is 77.3 Å². The first-order chi connectivity index (χ1) is 7.28. The number of hydrogen-bond acceptors (Lipinski definition) is 2. The summed E-state index contributed by atoms with van der Waals surface area (Å²) in [7, 11) is 0. The maximum Gasteiger partial charge on any atom is 0.253 e. The van der Waals surface area contributed by atoms with Gasteiger partial charge >= 0.3 is 0 Å². The minimum absolute atomic E-state index is 0. The van der Waals surface area contributed by atoms with Gasteiger partial charge in [0.25, 0.3) is 5.71 Å². The monoisotopic (exact) mass is 288 g/mol. The number of hydrogen-bond donors (Lipinski definition) is 0. The Morgan fingerprint density at radius 1 is 1.50 bits per heavy atom. The zero-order valence-electron chi connectivity index (χ0n) is 8.63. The van der Waals surface area contributed by atoms with E-state index in [0.29, 0.717) is 0 Å². The van der Waals surface area contributed by atoms with Crippen LogP contribution in [0, 0.1) is 18.3 Å². The summed E-state index contributed by atoms with van der Waals surface area (Å²) in [6.45, 7) is 3.76. The zero-order valence-corrected chi connectivity index (χ0v) is 11.5. The van der Waals surface area contributed by atoms with Gasteiger partial charge in [-0.3, -0.25) is 0 Å². The van der Waals surface area contributed by atoms with Gasteiger partial charge in [0.2, 0.25) is 0 Å². The summed E-state index contributed by atoms with van der Waals surface area (Å²) in [4.78, 5) is 11.6. The van der Waals surface area contributed by atoms with Crippen molar-refractivity contribution in [2.75, 3.05) is 0 Å². The molecule has 0 aliphatic rings. The molecule has 0 heterocycles. The van der Waals surface area contributed by atoms with E-state index in [2.05, 4.69) is 23.8 Å². The van der Waals surface area contributed by atoms with Crippen molar-refractivity contribution >= 4 is 12.0 Å². The van der Waals surface area contributed by atoms with Crippen molar-refractivity contribution in [1.29, 1.82) is 5.26 Å². The van der Waals surface area contributed by atoms with Gasteiger partial charge in [-0.05, 0) is 0 Å². The van der Waals surface area contributed by atoms with E-state index in [1.165, 1.54) is 11.6 Å². The summed E-state index contributed by atoms with van der Waals surface area (Å²) in [6, 6.07) is 11.5. The summed E-state index contributed by atoms with van der Waals surface area (Å²) < 4.78 is 0. The molecule has 0 saturated heterocycles. The van der Waals surface area contributed by atoms with Crippen molar-refractivity contribution in [3.63, 3.8) is 0 Å². The second-order valence-corrected chi connectivity index (χ2v) is 2.40. The minimum Gasteiger partial charge on any atom is -0.410 e. The third kappa shape index (κ3) is 8.20. The van der Waals surface area contributed by atoms with Crippen LogP contribution in [0.25, 0.3) is 5.53 Å². The quantitative estimate of drug-likeness (QED) is 0.356. The second-order valence-electron chi connectivity index (χ2n) is 2.40. The zero-order chi connectivity index (χ0) is 11.5. The molecule has 5 heteroatoms. The van der Waals surface area contributed by atoms with Gasteiger partial charge in [-0.15, -0.1) is 0 Å². The molecule has 0 saturated carbocycles. The molecule has 0 N–H and O–H groups in total. The molecule has 0 aliphatic heterocycles. The van der Waals surface area contributed by atoms with Crippen molar-refractivity contribution in [3.05, 3.63) is 48.4 Å². The van der Waals surface area contributed by atoms with Gasteiger partial charge in [0.15, 0.2) is 0 Å². The molecule has 0 aliphatic carbocycles. The molecule has 1 rings (SSSR count). The van der Waals surface area contributed by atoms with E-state index in [0.717, 1.165) is 12.7 Å². The molecule has 1 aromatic carbocycles. The molecule has 0 fully saturated rings. The molecule has 0 spiro atoms. The number of benzene rings is 1. The average molecular weight is 288 g/mol. The predicted octanol–water partition coefficient (Wildman–Crippen LogP) is 1.35. The van der Waals surface area contributed by atoms with Crippen LogP contribution < -0.4 is 0 Å². The SMILES string of the molecule is N#CC([C-]=O)=[N+]=[N-].[CH2-]Cc1ccccc1.[Y]. The van der Waals surface area contributed by atoms with E-state index >= 15 is 0 Å². The average Bonchev–Trinajstić information content (AvgIpc) is 2.33. The van der Waals surface area contributed by atoms with Crippen LogP contribution in [0.5, 0.6) is 0 Å². The smallest absolute Gasteiger partial charge is 0.253 e. The van der Waals surface area contributed by atoms with Crippen LogP contribution in [0.2, 0.25) is 0 Å². The minimum atomic E-state index is -0.639. The van der Waals surface area contributed by atoms with Crippen molar-refractivity contribution in [1.82, 2.24) is 0 Å². The molecule has 16 heavy (non-hydrogen) atoms. The Labute approximate surface area is 120 Å². The van der Waals surface area contributed by atoms with Gasteiger partial charge in [0, 0.05) is 32.7 Å². The van der Waals surface area contributed by atoms with E-state index in [1.54, 1.807) is 0 Å². The largest absolute Gasteiger partial charge is 0.410 e. The van der Waals surface area contributed by atoms with E-state index in [4.69, 9.17) is 10.8 Å². The van der Waals surface area contributed by atoms with Gasteiger partial charge in [-0.1, -0.05) is 42.0 Å². The second kappa shape index (κ2) is 11.9. The van der Waals surface area contributed by atoms with Crippen molar-refractivity contribution < 1.29 is 42.3 Å². The van der Waals surface area contributed by atoms with Crippen molar-refractivity contribution in [2.24, 2.45) is 0 Å². The summed E-state index contributed by atoms with van der Waals surface area (Å²) in [5.41, 5.74) is 8.29. The van der Waals surface area contributed by atoms with Crippen LogP contribution in [-0.2, 0) is 43.9 Å². The molecule has 0 unspecified atom stereocenters. The van der Waals surface area contributed by atoms with Gasteiger partial charge in [0.1, 0.15) is 0 Å². The van der Waals surface area contributed by atoms with Crippen LogP contribution >= 0.6 is 0 Å². The molecule has 79 valence electrons. The van der Waals surface area contributed by atoms with E-state index < -0.39 is 5.71 Å². The van der Waals surface area contributed by atoms with Gasteiger partial charge in [0.05, 0.1) is 6.29 Å².